The van der Waals surface area contributed by atoms with E-state index < -0.39 is 0 Å². The molecule has 1 aromatic carbocycles. The van der Waals surface area contributed by atoms with Crippen molar-refractivity contribution in [3.05, 3.63) is 59.4 Å². The van der Waals surface area contributed by atoms with E-state index in [0.29, 0.717) is 12.2 Å². The number of likely N-dealkylation sites (tertiary alicyclic amines) is 1. The summed E-state index contributed by atoms with van der Waals surface area (Å²) >= 11 is 0. The molecule has 3 aromatic rings. The summed E-state index contributed by atoms with van der Waals surface area (Å²) in [6.07, 6.45) is 4.49. The van der Waals surface area contributed by atoms with Gasteiger partial charge >= 0.3 is 0 Å². The van der Waals surface area contributed by atoms with E-state index >= 15 is 0 Å². The van der Waals surface area contributed by atoms with Gasteiger partial charge in [-0.2, -0.15) is 10.2 Å². The molecule has 28 heavy (non-hydrogen) atoms. The standard InChI is InChI=1S/C21H24FN5O/c1-3-17-11-19(26(2)25-17)21(28)27-10-4-5-15(13-27)20-18(12-23-24-20)14-6-8-16(22)9-7-14/h6-9,11-12,15H,3-5,10,13H2,1-2H3,(H,23,24)/t15-/m0/s1. The van der Waals surface area contributed by atoms with E-state index in [9.17, 15) is 9.18 Å². The third-order valence-electron chi connectivity index (χ3n) is 5.45. The van der Waals surface area contributed by atoms with E-state index in [1.165, 1.54) is 12.1 Å². The minimum absolute atomic E-state index is 0.0160. The van der Waals surface area contributed by atoms with Gasteiger partial charge in [-0.15, -0.1) is 0 Å². The number of hydrogen-bond acceptors (Lipinski definition) is 3. The second kappa shape index (κ2) is 7.58. The number of rotatable bonds is 4. The van der Waals surface area contributed by atoms with Crippen LogP contribution < -0.4 is 0 Å². The fourth-order valence-electron chi connectivity index (χ4n) is 3.93. The van der Waals surface area contributed by atoms with Gasteiger partial charge in [0.25, 0.3) is 5.91 Å². The molecule has 0 bridgehead atoms. The van der Waals surface area contributed by atoms with Gasteiger partial charge in [-0.05, 0) is 43.0 Å². The van der Waals surface area contributed by atoms with Crippen LogP contribution in [0.4, 0.5) is 4.39 Å². The molecule has 2 aromatic heterocycles. The van der Waals surface area contributed by atoms with Gasteiger partial charge in [0.2, 0.25) is 0 Å². The number of amides is 1. The SMILES string of the molecule is CCc1cc(C(=O)N2CCC[C@H](c3[nH]ncc3-c3ccc(F)cc3)C2)n(C)n1. The molecule has 0 saturated carbocycles. The molecule has 0 spiro atoms. The number of nitrogens with one attached hydrogen (secondary N) is 1. The van der Waals surface area contributed by atoms with Crippen molar-refractivity contribution in [1.29, 1.82) is 0 Å². The number of aromatic amines is 1. The predicted molar refractivity (Wildman–Crippen MR) is 104 cm³/mol. The molecule has 1 saturated heterocycles. The number of carbonyl (C=O) groups excluding carboxylic acids is 1. The van der Waals surface area contributed by atoms with E-state index in [1.54, 1.807) is 23.0 Å². The number of halogens is 1. The molecule has 0 unspecified atom stereocenters. The summed E-state index contributed by atoms with van der Waals surface area (Å²) < 4.78 is 14.9. The highest BCUT2D eigenvalue weighted by atomic mass is 19.1. The molecule has 7 heteroatoms. The highest BCUT2D eigenvalue weighted by Gasteiger charge is 2.29. The van der Waals surface area contributed by atoms with Crippen LogP contribution in [0.1, 0.15) is 47.6 Å². The number of nitrogens with zero attached hydrogens (tertiary/aromatic N) is 4. The zero-order chi connectivity index (χ0) is 19.7. The molecule has 4 rings (SSSR count). The smallest absolute Gasteiger partial charge is 0.272 e. The number of benzene rings is 1. The fraction of sp³-hybridized carbons (Fsp3) is 0.381. The number of hydrogen-bond donors (Lipinski definition) is 1. The molecule has 146 valence electrons. The van der Waals surface area contributed by atoms with Crippen molar-refractivity contribution in [3.63, 3.8) is 0 Å². The van der Waals surface area contributed by atoms with Crippen LogP contribution in [0.5, 0.6) is 0 Å². The molecule has 1 fully saturated rings. The van der Waals surface area contributed by atoms with Gasteiger partial charge in [-0.25, -0.2) is 4.39 Å². The first kappa shape index (κ1) is 18.4. The Kier molecular flexibility index (Phi) is 4.98. The van der Waals surface area contributed by atoms with Crippen molar-refractivity contribution in [1.82, 2.24) is 24.9 Å². The minimum Gasteiger partial charge on any atom is -0.337 e. The molecule has 1 aliphatic heterocycles. The summed E-state index contributed by atoms with van der Waals surface area (Å²) in [5.74, 6) is -0.0766. The molecule has 1 atom stereocenters. The van der Waals surface area contributed by atoms with Crippen LogP contribution in [-0.2, 0) is 13.5 Å². The lowest BCUT2D eigenvalue weighted by Crippen LogP contribution is -2.40. The van der Waals surface area contributed by atoms with Gasteiger partial charge in [0.05, 0.1) is 11.9 Å². The fourth-order valence-corrected chi connectivity index (χ4v) is 3.93. The molecule has 1 amide bonds. The Morgan fingerprint density at radius 1 is 1.32 bits per heavy atom. The summed E-state index contributed by atoms with van der Waals surface area (Å²) in [5, 5.41) is 11.7. The summed E-state index contributed by atoms with van der Waals surface area (Å²) in [4.78, 5) is 15.0. The monoisotopic (exact) mass is 381 g/mol. The van der Waals surface area contributed by atoms with E-state index in [1.807, 2.05) is 24.9 Å². The van der Waals surface area contributed by atoms with Crippen molar-refractivity contribution in [2.45, 2.75) is 32.1 Å². The highest BCUT2D eigenvalue weighted by molar-refractivity contribution is 5.92. The first-order chi connectivity index (χ1) is 13.6. The highest BCUT2D eigenvalue weighted by Crippen LogP contribution is 2.33. The van der Waals surface area contributed by atoms with Crippen LogP contribution in [0.15, 0.2) is 36.5 Å². The molecule has 6 nitrogen and oxygen atoms in total. The zero-order valence-corrected chi connectivity index (χ0v) is 16.2. The Balaban J connectivity index is 1.56. The first-order valence-electron chi connectivity index (χ1n) is 9.68. The largest absolute Gasteiger partial charge is 0.337 e. The topological polar surface area (TPSA) is 66.8 Å². The first-order valence-corrected chi connectivity index (χ1v) is 9.68. The van der Waals surface area contributed by atoms with Crippen LogP contribution in [0, 0.1) is 5.82 Å². The summed E-state index contributed by atoms with van der Waals surface area (Å²) in [6.45, 7) is 3.40. The summed E-state index contributed by atoms with van der Waals surface area (Å²) in [7, 11) is 1.81. The maximum Gasteiger partial charge on any atom is 0.272 e. The van der Waals surface area contributed by atoms with E-state index in [4.69, 9.17) is 0 Å². The van der Waals surface area contributed by atoms with Crippen molar-refractivity contribution in [3.8, 4) is 11.1 Å². The molecule has 0 radical (unpaired) electrons. The second-order valence-electron chi connectivity index (χ2n) is 7.29. The van der Waals surface area contributed by atoms with Crippen molar-refractivity contribution < 1.29 is 9.18 Å². The normalized spacial score (nSPS) is 17.1. The third-order valence-corrected chi connectivity index (χ3v) is 5.45. The molecule has 3 heterocycles. The molecular formula is C21H24FN5O. The van der Waals surface area contributed by atoms with Crippen molar-refractivity contribution in [2.24, 2.45) is 7.05 Å². The van der Waals surface area contributed by atoms with Crippen molar-refractivity contribution >= 4 is 5.91 Å². The van der Waals surface area contributed by atoms with Crippen LogP contribution in [0.25, 0.3) is 11.1 Å². The van der Waals surface area contributed by atoms with Crippen LogP contribution in [0.3, 0.4) is 0 Å². The second-order valence-corrected chi connectivity index (χ2v) is 7.29. The zero-order valence-electron chi connectivity index (χ0n) is 16.2. The van der Waals surface area contributed by atoms with Crippen LogP contribution in [0.2, 0.25) is 0 Å². The van der Waals surface area contributed by atoms with E-state index in [-0.39, 0.29) is 17.6 Å². The Labute approximate surface area is 163 Å². The maximum absolute atomic E-state index is 13.3. The van der Waals surface area contributed by atoms with Crippen LogP contribution in [-0.4, -0.2) is 43.9 Å². The molecule has 0 aliphatic carbocycles. The molecule has 1 aliphatic rings. The summed E-state index contributed by atoms with van der Waals surface area (Å²) in [5.41, 5.74) is 4.44. The number of aryl methyl sites for hydroxylation is 2. The number of aromatic nitrogens is 4. The van der Waals surface area contributed by atoms with Gasteiger partial charge in [-0.1, -0.05) is 19.1 Å². The van der Waals surface area contributed by atoms with E-state index in [0.717, 1.165) is 48.3 Å². The number of H-pyrrole nitrogens is 1. The van der Waals surface area contributed by atoms with Crippen molar-refractivity contribution in [2.75, 3.05) is 13.1 Å². The Morgan fingerprint density at radius 2 is 2.11 bits per heavy atom. The average Bonchev–Trinajstić information content (AvgIpc) is 3.35. The Morgan fingerprint density at radius 3 is 2.82 bits per heavy atom. The molecule has 1 N–H and O–H groups in total. The van der Waals surface area contributed by atoms with Gasteiger partial charge < -0.3 is 4.90 Å². The Hall–Kier alpha value is -2.96. The quantitative estimate of drug-likeness (QED) is 0.752. The minimum atomic E-state index is -0.258. The Bertz CT molecular complexity index is 975. The maximum atomic E-state index is 13.3. The lowest BCUT2D eigenvalue weighted by atomic mass is 9.90. The summed E-state index contributed by atoms with van der Waals surface area (Å²) in [6, 6.07) is 8.31. The van der Waals surface area contributed by atoms with Gasteiger partial charge in [-0.3, -0.25) is 14.6 Å². The lowest BCUT2D eigenvalue weighted by molar-refractivity contribution is 0.0695. The predicted octanol–water partition coefficient (Wildman–Crippen LogP) is 3.53. The third kappa shape index (κ3) is 3.44. The van der Waals surface area contributed by atoms with Gasteiger partial charge in [0.1, 0.15) is 11.5 Å². The lowest BCUT2D eigenvalue weighted by Gasteiger charge is -2.32. The number of piperidine rings is 1. The average molecular weight is 381 g/mol. The number of carbonyl (C=O) groups is 1. The van der Waals surface area contributed by atoms with Gasteiger partial charge in [0.15, 0.2) is 0 Å². The van der Waals surface area contributed by atoms with E-state index in [2.05, 4.69) is 15.3 Å². The molecular weight excluding hydrogens is 357 g/mol. The van der Waals surface area contributed by atoms with Gasteiger partial charge in [0, 0.05) is 37.3 Å². The van der Waals surface area contributed by atoms with Crippen LogP contribution >= 0.6 is 0 Å².